The van der Waals surface area contributed by atoms with Gasteiger partial charge in [-0.05, 0) is 74.5 Å². The smallest absolute Gasteiger partial charge is 0.0105 e. The maximum absolute atomic E-state index is 2.58. The molecule has 0 saturated heterocycles. The van der Waals surface area contributed by atoms with Gasteiger partial charge in [0.2, 0.25) is 0 Å². The molecule has 2 heteroatoms. The minimum Gasteiger partial charge on any atom is -0.103 e. The summed E-state index contributed by atoms with van der Waals surface area (Å²) in [6, 6.07) is 0. The standard InChI is InChI=1S/C18H40P2/c1-9-17(10-2,11-3)19(7)15-16-20(8)18(12-4,13-5)14-6/h9-16H2,1-8H3/t19-,20-/m0/s1. The van der Waals surface area contributed by atoms with Gasteiger partial charge in [0, 0.05) is 0 Å². The zero-order valence-corrected chi connectivity index (χ0v) is 17.3. The maximum Gasteiger partial charge on any atom is -0.0105 e. The Morgan fingerprint density at radius 2 is 0.700 bits per heavy atom. The van der Waals surface area contributed by atoms with Gasteiger partial charge in [0.1, 0.15) is 0 Å². The zero-order chi connectivity index (χ0) is 15.8. The lowest BCUT2D eigenvalue weighted by Gasteiger charge is -2.41. The summed E-state index contributed by atoms with van der Waals surface area (Å²) in [5.74, 6) is 0. The molecular formula is C18H40P2. The lowest BCUT2D eigenvalue weighted by molar-refractivity contribution is 0.517. The van der Waals surface area contributed by atoms with Crippen LogP contribution >= 0.6 is 15.8 Å². The first-order valence-electron chi connectivity index (χ1n) is 8.84. The third-order valence-corrected chi connectivity index (χ3v) is 13.6. The van der Waals surface area contributed by atoms with E-state index in [1.165, 1.54) is 50.8 Å². The summed E-state index contributed by atoms with van der Waals surface area (Å²) in [5, 5.41) is 1.33. The van der Waals surface area contributed by atoms with E-state index in [2.05, 4.69) is 54.9 Å². The second kappa shape index (κ2) is 9.79. The Bertz CT molecular complexity index is 199. The van der Waals surface area contributed by atoms with Crippen molar-refractivity contribution in [2.45, 2.75) is 90.4 Å². The molecule has 20 heavy (non-hydrogen) atoms. The Hall–Kier alpha value is 0.860. The molecule has 0 nitrogen and oxygen atoms in total. The van der Waals surface area contributed by atoms with Crippen molar-refractivity contribution in [2.75, 3.05) is 25.7 Å². The highest BCUT2D eigenvalue weighted by atomic mass is 31.1. The van der Waals surface area contributed by atoms with Crippen LogP contribution in [0.15, 0.2) is 0 Å². The number of rotatable bonds is 11. The second-order valence-electron chi connectivity index (χ2n) is 6.41. The molecule has 0 aliphatic heterocycles. The molecule has 0 unspecified atom stereocenters. The van der Waals surface area contributed by atoms with Gasteiger partial charge in [-0.1, -0.05) is 41.5 Å². The molecule has 0 heterocycles. The van der Waals surface area contributed by atoms with Crippen molar-refractivity contribution in [1.82, 2.24) is 0 Å². The molecule has 0 radical (unpaired) electrons. The molecule has 0 aromatic heterocycles. The molecule has 0 rings (SSSR count). The van der Waals surface area contributed by atoms with Gasteiger partial charge in [-0.3, -0.25) is 0 Å². The summed E-state index contributed by atoms with van der Waals surface area (Å²) in [7, 11) is 0.386. The van der Waals surface area contributed by atoms with Crippen LogP contribution in [0.25, 0.3) is 0 Å². The molecule has 0 saturated carbocycles. The van der Waals surface area contributed by atoms with Crippen molar-refractivity contribution < 1.29 is 0 Å². The average molecular weight is 318 g/mol. The fourth-order valence-electron chi connectivity index (χ4n) is 3.89. The van der Waals surface area contributed by atoms with E-state index < -0.39 is 0 Å². The van der Waals surface area contributed by atoms with Crippen LogP contribution in [-0.4, -0.2) is 36.0 Å². The SMILES string of the molecule is CCC(CC)(CC)[P@@](C)CC[P@](C)C(CC)(CC)CC. The summed E-state index contributed by atoms with van der Waals surface area (Å²) in [5.41, 5.74) is 0. The Balaban J connectivity index is 4.68. The van der Waals surface area contributed by atoms with Crippen molar-refractivity contribution >= 4 is 15.8 Å². The molecule has 0 fully saturated rings. The Kier molecular flexibility index (Phi) is 10.2. The minimum absolute atomic E-state index is 0.193. The topological polar surface area (TPSA) is 0 Å². The van der Waals surface area contributed by atoms with E-state index in [0.717, 1.165) is 0 Å². The maximum atomic E-state index is 2.58. The summed E-state index contributed by atoms with van der Waals surface area (Å²) >= 11 is 0. The first kappa shape index (κ1) is 20.9. The molecular weight excluding hydrogens is 278 g/mol. The van der Waals surface area contributed by atoms with Crippen molar-refractivity contribution in [3.05, 3.63) is 0 Å². The Morgan fingerprint density at radius 1 is 0.500 bits per heavy atom. The van der Waals surface area contributed by atoms with Gasteiger partial charge in [0.05, 0.1) is 0 Å². The zero-order valence-electron chi connectivity index (χ0n) is 15.6. The summed E-state index contributed by atoms with van der Waals surface area (Å²) < 4.78 is 0. The fourth-order valence-corrected chi connectivity index (χ4v) is 10.5. The molecule has 0 aliphatic rings. The monoisotopic (exact) mass is 318 g/mol. The highest BCUT2D eigenvalue weighted by Crippen LogP contribution is 2.58. The van der Waals surface area contributed by atoms with E-state index in [0.29, 0.717) is 10.3 Å². The van der Waals surface area contributed by atoms with Crippen molar-refractivity contribution in [3.8, 4) is 0 Å². The van der Waals surface area contributed by atoms with Crippen molar-refractivity contribution in [3.63, 3.8) is 0 Å². The minimum atomic E-state index is 0.193. The molecule has 0 bridgehead atoms. The van der Waals surface area contributed by atoms with Gasteiger partial charge in [-0.15, -0.1) is 15.8 Å². The molecule has 0 aliphatic carbocycles. The third kappa shape index (κ3) is 4.68. The van der Waals surface area contributed by atoms with Gasteiger partial charge in [0.25, 0.3) is 0 Å². The fraction of sp³-hybridized carbons (Fsp3) is 1.00. The molecule has 2 atom stereocenters. The lowest BCUT2D eigenvalue weighted by Crippen LogP contribution is -2.28. The molecule has 0 spiro atoms. The summed E-state index contributed by atoms with van der Waals surface area (Å²) in [4.78, 5) is 0. The van der Waals surface area contributed by atoms with Crippen LogP contribution in [0.2, 0.25) is 0 Å². The molecule has 0 amide bonds. The number of hydrogen-bond acceptors (Lipinski definition) is 0. The van der Waals surface area contributed by atoms with Crippen LogP contribution in [0, 0.1) is 0 Å². The van der Waals surface area contributed by atoms with E-state index in [1.54, 1.807) is 0 Å². The summed E-state index contributed by atoms with van der Waals surface area (Å²) in [6.45, 7) is 19.6. The third-order valence-electron chi connectivity index (χ3n) is 6.34. The molecule has 0 aromatic rings. The Labute approximate surface area is 132 Å². The van der Waals surface area contributed by atoms with Crippen LogP contribution in [0.4, 0.5) is 0 Å². The van der Waals surface area contributed by atoms with Gasteiger partial charge in [-0.2, -0.15) is 0 Å². The van der Waals surface area contributed by atoms with Crippen LogP contribution in [-0.2, 0) is 0 Å². The molecule has 0 N–H and O–H groups in total. The predicted octanol–water partition coefficient (Wildman–Crippen LogP) is 7.15. The number of hydrogen-bond donors (Lipinski definition) is 0. The van der Waals surface area contributed by atoms with Crippen LogP contribution in [0.3, 0.4) is 0 Å². The molecule has 122 valence electrons. The van der Waals surface area contributed by atoms with Gasteiger partial charge >= 0.3 is 0 Å². The summed E-state index contributed by atoms with van der Waals surface area (Å²) in [6.07, 6.45) is 11.3. The van der Waals surface area contributed by atoms with E-state index in [1.807, 2.05) is 0 Å². The van der Waals surface area contributed by atoms with Crippen molar-refractivity contribution in [2.24, 2.45) is 0 Å². The first-order chi connectivity index (χ1) is 9.41. The van der Waals surface area contributed by atoms with Crippen LogP contribution in [0.5, 0.6) is 0 Å². The van der Waals surface area contributed by atoms with E-state index >= 15 is 0 Å². The normalized spacial score (nSPS) is 16.2. The second-order valence-corrected chi connectivity index (χ2v) is 12.0. The largest absolute Gasteiger partial charge is 0.103 e. The van der Waals surface area contributed by atoms with Crippen LogP contribution < -0.4 is 0 Å². The Morgan fingerprint density at radius 3 is 0.850 bits per heavy atom. The van der Waals surface area contributed by atoms with Crippen LogP contribution in [0.1, 0.15) is 80.1 Å². The van der Waals surface area contributed by atoms with E-state index in [-0.39, 0.29) is 15.8 Å². The van der Waals surface area contributed by atoms with E-state index in [4.69, 9.17) is 0 Å². The highest BCUT2D eigenvalue weighted by molar-refractivity contribution is 7.62. The predicted molar refractivity (Wildman–Crippen MR) is 103 cm³/mol. The quantitative estimate of drug-likeness (QED) is 0.355. The molecule has 0 aromatic carbocycles. The first-order valence-corrected chi connectivity index (χ1v) is 12.8. The average Bonchev–Trinajstić information content (AvgIpc) is 2.49. The lowest BCUT2D eigenvalue weighted by atomic mass is 9.99. The van der Waals surface area contributed by atoms with E-state index in [9.17, 15) is 0 Å². The van der Waals surface area contributed by atoms with Gasteiger partial charge < -0.3 is 0 Å². The van der Waals surface area contributed by atoms with Crippen molar-refractivity contribution in [1.29, 1.82) is 0 Å². The van der Waals surface area contributed by atoms with Gasteiger partial charge in [0.15, 0.2) is 0 Å². The highest BCUT2D eigenvalue weighted by Gasteiger charge is 2.33. The van der Waals surface area contributed by atoms with Gasteiger partial charge in [-0.25, -0.2) is 0 Å².